The predicted molar refractivity (Wildman–Crippen MR) is 80.6 cm³/mol. The Hall–Kier alpha value is -1.39. The molecule has 0 unspecified atom stereocenters. The number of benzene rings is 1. The predicted octanol–water partition coefficient (Wildman–Crippen LogP) is 1.97. The van der Waals surface area contributed by atoms with Gasteiger partial charge < -0.3 is 10.6 Å². The fourth-order valence-electron chi connectivity index (χ4n) is 3.08. The van der Waals surface area contributed by atoms with Crippen LogP contribution in [0, 0.1) is 0 Å². The minimum atomic E-state index is -0.0164. The van der Waals surface area contributed by atoms with Gasteiger partial charge in [-0.25, -0.2) is 0 Å². The molecule has 1 aromatic rings. The Morgan fingerprint density at radius 1 is 1.30 bits per heavy atom. The molecule has 0 aliphatic carbocycles. The molecule has 108 valence electrons. The average molecular weight is 273 g/mol. The van der Waals surface area contributed by atoms with Gasteiger partial charge in [0.05, 0.1) is 6.04 Å². The lowest BCUT2D eigenvalue weighted by Gasteiger charge is -2.16. The van der Waals surface area contributed by atoms with Gasteiger partial charge in [0.25, 0.3) is 0 Å². The standard InChI is InChI=1S/C16H23N3O/c20-16(15-7-4-8-17-15)18-14-6-3-5-13(11-14)12-19-9-1-2-10-19/h3,5-6,11,15,17H,1-2,4,7-10,12H2,(H,18,20)/t15-/m1/s1. The molecule has 2 N–H and O–H groups in total. The molecule has 0 bridgehead atoms. The van der Waals surface area contributed by atoms with Gasteiger partial charge in [0.15, 0.2) is 0 Å². The summed E-state index contributed by atoms with van der Waals surface area (Å²) in [6.45, 7) is 4.34. The van der Waals surface area contributed by atoms with E-state index in [0.29, 0.717) is 0 Å². The highest BCUT2D eigenvalue weighted by Gasteiger charge is 2.21. The molecule has 2 aliphatic rings. The minimum absolute atomic E-state index is 0.0164. The normalized spacial score (nSPS) is 23.1. The monoisotopic (exact) mass is 273 g/mol. The summed E-state index contributed by atoms with van der Waals surface area (Å²) in [5.41, 5.74) is 2.20. The number of hydrogen-bond donors (Lipinski definition) is 2. The lowest BCUT2D eigenvalue weighted by molar-refractivity contribution is -0.117. The molecule has 0 spiro atoms. The van der Waals surface area contributed by atoms with Crippen LogP contribution in [0.15, 0.2) is 24.3 Å². The largest absolute Gasteiger partial charge is 0.325 e. The number of hydrogen-bond acceptors (Lipinski definition) is 3. The molecular weight excluding hydrogens is 250 g/mol. The van der Waals surface area contributed by atoms with Gasteiger partial charge in [0, 0.05) is 12.2 Å². The molecule has 0 radical (unpaired) electrons. The Bertz CT molecular complexity index is 463. The zero-order valence-corrected chi connectivity index (χ0v) is 11.9. The minimum Gasteiger partial charge on any atom is -0.325 e. The summed E-state index contributed by atoms with van der Waals surface area (Å²) in [6, 6.07) is 8.23. The average Bonchev–Trinajstić information content (AvgIpc) is 3.12. The summed E-state index contributed by atoms with van der Waals surface area (Å²) in [5, 5.41) is 6.26. The van der Waals surface area contributed by atoms with Crippen molar-refractivity contribution in [3.05, 3.63) is 29.8 Å². The Morgan fingerprint density at radius 3 is 2.90 bits per heavy atom. The van der Waals surface area contributed by atoms with Gasteiger partial charge in [-0.05, 0) is 63.0 Å². The maximum atomic E-state index is 12.1. The quantitative estimate of drug-likeness (QED) is 0.881. The van der Waals surface area contributed by atoms with Crippen molar-refractivity contribution in [2.75, 3.05) is 25.0 Å². The summed E-state index contributed by atoms with van der Waals surface area (Å²) >= 11 is 0. The third kappa shape index (κ3) is 3.38. The number of nitrogens with one attached hydrogen (secondary N) is 2. The van der Waals surface area contributed by atoms with Crippen LogP contribution in [0.1, 0.15) is 31.2 Å². The van der Waals surface area contributed by atoms with Crippen LogP contribution in [0.4, 0.5) is 5.69 Å². The van der Waals surface area contributed by atoms with Crippen molar-refractivity contribution in [1.29, 1.82) is 0 Å². The van der Waals surface area contributed by atoms with Gasteiger partial charge >= 0.3 is 0 Å². The van der Waals surface area contributed by atoms with Gasteiger partial charge in [0.1, 0.15) is 0 Å². The van der Waals surface area contributed by atoms with Crippen LogP contribution in [0.25, 0.3) is 0 Å². The van der Waals surface area contributed by atoms with E-state index in [9.17, 15) is 4.79 Å². The van der Waals surface area contributed by atoms with Crippen LogP contribution in [0.5, 0.6) is 0 Å². The second-order valence-corrected chi connectivity index (χ2v) is 5.82. The maximum Gasteiger partial charge on any atom is 0.241 e. The summed E-state index contributed by atoms with van der Waals surface area (Å²) < 4.78 is 0. The molecule has 1 atom stereocenters. The molecule has 1 amide bonds. The molecule has 0 aromatic heterocycles. The highest BCUT2D eigenvalue weighted by atomic mass is 16.2. The second kappa shape index (κ2) is 6.37. The van der Waals surface area contributed by atoms with Gasteiger partial charge in [-0.2, -0.15) is 0 Å². The Morgan fingerprint density at radius 2 is 2.15 bits per heavy atom. The van der Waals surface area contributed by atoms with E-state index in [-0.39, 0.29) is 11.9 Å². The molecule has 4 heteroatoms. The van der Waals surface area contributed by atoms with Crippen molar-refractivity contribution in [3.63, 3.8) is 0 Å². The summed E-state index contributed by atoms with van der Waals surface area (Å²) in [7, 11) is 0. The van der Waals surface area contributed by atoms with Crippen LogP contribution in [0.3, 0.4) is 0 Å². The molecule has 1 aromatic carbocycles. The molecule has 2 heterocycles. The number of amides is 1. The Labute approximate surface area is 120 Å². The molecule has 20 heavy (non-hydrogen) atoms. The lowest BCUT2D eigenvalue weighted by Crippen LogP contribution is -2.35. The molecular formula is C16H23N3O. The summed E-state index contributed by atoms with van der Waals surface area (Å²) in [6.07, 6.45) is 4.65. The van der Waals surface area contributed by atoms with E-state index in [1.165, 1.54) is 31.5 Å². The van der Waals surface area contributed by atoms with Crippen molar-refractivity contribution >= 4 is 11.6 Å². The molecule has 3 rings (SSSR count). The number of carbonyl (C=O) groups excluding carboxylic acids is 1. The first-order valence-corrected chi connectivity index (χ1v) is 7.67. The molecule has 2 fully saturated rings. The summed E-state index contributed by atoms with van der Waals surface area (Å²) in [5.74, 6) is 0.0980. The number of carbonyl (C=O) groups is 1. The van der Waals surface area contributed by atoms with Crippen LogP contribution in [-0.4, -0.2) is 36.5 Å². The van der Waals surface area contributed by atoms with Crippen LogP contribution in [-0.2, 0) is 11.3 Å². The SMILES string of the molecule is O=C(Nc1cccc(CN2CCCC2)c1)[C@H]1CCCN1. The highest BCUT2D eigenvalue weighted by Crippen LogP contribution is 2.17. The second-order valence-electron chi connectivity index (χ2n) is 5.82. The van der Waals surface area contributed by atoms with E-state index in [0.717, 1.165) is 31.6 Å². The number of anilines is 1. The Balaban J connectivity index is 1.59. The van der Waals surface area contributed by atoms with Gasteiger partial charge in [-0.3, -0.25) is 9.69 Å². The topological polar surface area (TPSA) is 44.4 Å². The van der Waals surface area contributed by atoms with E-state index >= 15 is 0 Å². The van der Waals surface area contributed by atoms with Crippen molar-refractivity contribution in [1.82, 2.24) is 10.2 Å². The zero-order chi connectivity index (χ0) is 13.8. The van der Waals surface area contributed by atoms with E-state index in [4.69, 9.17) is 0 Å². The molecule has 0 saturated carbocycles. The first-order valence-electron chi connectivity index (χ1n) is 7.67. The third-order valence-electron chi connectivity index (χ3n) is 4.18. The van der Waals surface area contributed by atoms with E-state index < -0.39 is 0 Å². The van der Waals surface area contributed by atoms with Gasteiger partial charge in [-0.1, -0.05) is 12.1 Å². The third-order valence-corrected chi connectivity index (χ3v) is 4.18. The smallest absolute Gasteiger partial charge is 0.241 e. The van der Waals surface area contributed by atoms with Crippen molar-refractivity contribution < 1.29 is 4.79 Å². The Kier molecular flexibility index (Phi) is 4.33. The van der Waals surface area contributed by atoms with Crippen LogP contribution >= 0.6 is 0 Å². The first kappa shape index (κ1) is 13.6. The molecule has 2 saturated heterocycles. The summed E-state index contributed by atoms with van der Waals surface area (Å²) in [4.78, 5) is 14.6. The fourth-order valence-corrected chi connectivity index (χ4v) is 3.08. The van der Waals surface area contributed by atoms with Crippen LogP contribution in [0.2, 0.25) is 0 Å². The molecule has 2 aliphatic heterocycles. The highest BCUT2D eigenvalue weighted by molar-refractivity contribution is 5.95. The number of nitrogens with zero attached hydrogens (tertiary/aromatic N) is 1. The van der Waals surface area contributed by atoms with Gasteiger partial charge in [-0.15, -0.1) is 0 Å². The van der Waals surface area contributed by atoms with Gasteiger partial charge in [0.2, 0.25) is 5.91 Å². The van der Waals surface area contributed by atoms with Crippen LogP contribution < -0.4 is 10.6 Å². The van der Waals surface area contributed by atoms with E-state index in [2.05, 4.69) is 27.7 Å². The van der Waals surface area contributed by atoms with E-state index in [1.54, 1.807) is 0 Å². The first-order chi connectivity index (χ1) is 9.81. The van der Waals surface area contributed by atoms with Crippen molar-refractivity contribution in [3.8, 4) is 0 Å². The zero-order valence-electron chi connectivity index (χ0n) is 11.9. The lowest BCUT2D eigenvalue weighted by atomic mass is 10.1. The van der Waals surface area contributed by atoms with Crippen molar-refractivity contribution in [2.24, 2.45) is 0 Å². The number of rotatable bonds is 4. The maximum absolute atomic E-state index is 12.1. The fraction of sp³-hybridized carbons (Fsp3) is 0.562. The number of likely N-dealkylation sites (tertiary alicyclic amines) is 1. The molecule has 4 nitrogen and oxygen atoms in total. The van der Waals surface area contributed by atoms with E-state index in [1.807, 2.05) is 12.1 Å². The van der Waals surface area contributed by atoms with Crippen molar-refractivity contribution in [2.45, 2.75) is 38.3 Å².